The van der Waals surface area contributed by atoms with E-state index in [9.17, 15) is 14.0 Å². The largest absolute Gasteiger partial charge is 0.497 e. The van der Waals surface area contributed by atoms with Crippen molar-refractivity contribution in [2.75, 3.05) is 20.8 Å². The van der Waals surface area contributed by atoms with Crippen molar-refractivity contribution in [3.05, 3.63) is 65.5 Å². The smallest absolute Gasteiger partial charge is 0.331 e. The molecule has 0 aliphatic rings. The molecule has 0 aliphatic heterocycles. The fraction of sp³-hybridized carbons (Fsp3) is 0.158. The van der Waals surface area contributed by atoms with Gasteiger partial charge in [0.15, 0.2) is 24.0 Å². The number of carbonyl (C=O) groups excluding carboxylic acids is 2. The highest BCUT2D eigenvalue weighted by Gasteiger charge is 2.12. The van der Waals surface area contributed by atoms with Gasteiger partial charge in [0.2, 0.25) is 0 Å². The van der Waals surface area contributed by atoms with Crippen molar-refractivity contribution in [1.29, 1.82) is 0 Å². The van der Waals surface area contributed by atoms with Crippen molar-refractivity contribution in [3.8, 4) is 11.5 Å². The van der Waals surface area contributed by atoms with Crippen molar-refractivity contribution in [2.45, 2.75) is 0 Å². The molecule has 0 aliphatic carbocycles. The summed E-state index contributed by atoms with van der Waals surface area (Å²) in [6.45, 7) is -0.479. The van der Waals surface area contributed by atoms with Gasteiger partial charge in [-0.1, -0.05) is 12.1 Å². The first kappa shape index (κ1) is 18.2. The Morgan fingerprint density at radius 1 is 1.08 bits per heavy atom. The minimum absolute atomic E-state index is 0.0368. The Balaban J connectivity index is 1.91. The normalized spacial score (nSPS) is 10.5. The van der Waals surface area contributed by atoms with Crippen molar-refractivity contribution >= 4 is 17.8 Å². The van der Waals surface area contributed by atoms with Gasteiger partial charge < -0.3 is 14.2 Å². The van der Waals surface area contributed by atoms with Gasteiger partial charge in [-0.3, -0.25) is 4.79 Å². The Morgan fingerprint density at radius 3 is 2.56 bits per heavy atom. The van der Waals surface area contributed by atoms with Gasteiger partial charge in [0.1, 0.15) is 5.75 Å². The number of ketones is 1. The number of benzene rings is 2. The first-order valence-electron chi connectivity index (χ1n) is 7.39. The molecule has 130 valence electrons. The fourth-order valence-corrected chi connectivity index (χ4v) is 2.02. The number of methoxy groups -OCH3 is 2. The van der Waals surface area contributed by atoms with E-state index in [1.807, 2.05) is 0 Å². The summed E-state index contributed by atoms with van der Waals surface area (Å²) in [6.07, 6.45) is 2.75. The average Bonchev–Trinajstić information content (AvgIpc) is 2.64. The molecule has 2 aromatic rings. The molecule has 0 heterocycles. The maximum absolute atomic E-state index is 13.6. The summed E-state index contributed by atoms with van der Waals surface area (Å²) in [7, 11) is 2.88. The van der Waals surface area contributed by atoms with E-state index in [0.717, 1.165) is 11.6 Å². The zero-order valence-corrected chi connectivity index (χ0v) is 13.8. The second-order valence-corrected chi connectivity index (χ2v) is 4.99. The Morgan fingerprint density at radius 2 is 1.88 bits per heavy atom. The monoisotopic (exact) mass is 344 g/mol. The summed E-state index contributed by atoms with van der Waals surface area (Å²) in [5, 5.41) is 0. The first-order chi connectivity index (χ1) is 12.0. The molecule has 0 aromatic heterocycles. The van der Waals surface area contributed by atoms with E-state index in [0.29, 0.717) is 5.75 Å². The second kappa shape index (κ2) is 8.63. The van der Waals surface area contributed by atoms with Gasteiger partial charge in [-0.05, 0) is 42.0 Å². The van der Waals surface area contributed by atoms with Gasteiger partial charge in [-0.2, -0.15) is 0 Å². The molecule has 5 nitrogen and oxygen atoms in total. The van der Waals surface area contributed by atoms with Crippen LogP contribution in [0.5, 0.6) is 11.5 Å². The van der Waals surface area contributed by atoms with Crippen molar-refractivity contribution in [2.24, 2.45) is 0 Å². The van der Waals surface area contributed by atoms with Crippen LogP contribution in [0.25, 0.3) is 6.08 Å². The lowest BCUT2D eigenvalue weighted by Crippen LogP contribution is -2.12. The highest BCUT2D eigenvalue weighted by Crippen LogP contribution is 2.18. The highest BCUT2D eigenvalue weighted by atomic mass is 19.1. The lowest BCUT2D eigenvalue weighted by Gasteiger charge is -2.05. The Labute approximate surface area is 144 Å². The van der Waals surface area contributed by atoms with Crippen LogP contribution >= 0.6 is 0 Å². The number of ether oxygens (including phenoxy) is 3. The topological polar surface area (TPSA) is 61.8 Å². The molecular weight excluding hydrogens is 327 g/mol. The molecule has 0 fully saturated rings. The summed E-state index contributed by atoms with van der Waals surface area (Å²) >= 11 is 0. The summed E-state index contributed by atoms with van der Waals surface area (Å²) in [5.74, 6) is -1.14. The van der Waals surface area contributed by atoms with Gasteiger partial charge >= 0.3 is 5.97 Å². The number of esters is 1. The van der Waals surface area contributed by atoms with Gasteiger partial charge in [0.05, 0.1) is 14.2 Å². The van der Waals surface area contributed by atoms with E-state index in [1.54, 1.807) is 37.5 Å². The average molecular weight is 344 g/mol. The van der Waals surface area contributed by atoms with Crippen LogP contribution in [0.4, 0.5) is 4.39 Å². The molecule has 0 amide bonds. The standard InChI is InChI=1S/C19H17FO5/c1-23-15-5-3-4-13(10-15)6-9-19(22)25-12-17(21)14-7-8-18(24-2)16(20)11-14/h3-11H,12H2,1-2H3/b9-6+. The van der Waals surface area contributed by atoms with Crippen molar-refractivity contribution in [3.63, 3.8) is 0 Å². The Kier molecular flexibility index (Phi) is 6.28. The van der Waals surface area contributed by atoms with Gasteiger partial charge in [-0.25, -0.2) is 9.18 Å². The molecule has 25 heavy (non-hydrogen) atoms. The minimum Gasteiger partial charge on any atom is -0.497 e. The third-order valence-corrected chi connectivity index (χ3v) is 3.32. The molecule has 0 saturated carbocycles. The molecule has 0 saturated heterocycles. The second-order valence-electron chi connectivity index (χ2n) is 4.99. The quantitative estimate of drug-likeness (QED) is 0.438. The zero-order chi connectivity index (χ0) is 18.2. The lowest BCUT2D eigenvalue weighted by molar-refractivity contribution is -0.136. The summed E-state index contributed by atoms with van der Waals surface area (Å²) in [4.78, 5) is 23.6. The van der Waals surface area contributed by atoms with E-state index in [-0.39, 0.29) is 11.3 Å². The summed E-state index contributed by atoms with van der Waals surface area (Å²) in [6, 6.07) is 10.9. The molecule has 0 unspecified atom stereocenters. The fourth-order valence-electron chi connectivity index (χ4n) is 2.02. The first-order valence-corrected chi connectivity index (χ1v) is 7.39. The molecule has 0 bridgehead atoms. The Bertz CT molecular complexity index is 798. The van der Waals surface area contributed by atoms with Crippen LogP contribution in [0.15, 0.2) is 48.5 Å². The van der Waals surface area contributed by atoms with Gasteiger partial charge in [0, 0.05) is 11.6 Å². The van der Waals surface area contributed by atoms with E-state index >= 15 is 0 Å². The molecule has 6 heteroatoms. The minimum atomic E-state index is -0.676. The van der Waals surface area contributed by atoms with Gasteiger partial charge in [0.25, 0.3) is 0 Å². The molecule has 0 radical (unpaired) electrons. The molecule has 2 aromatic carbocycles. The van der Waals surface area contributed by atoms with Gasteiger partial charge in [-0.15, -0.1) is 0 Å². The SMILES string of the molecule is COc1cccc(/C=C/C(=O)OCC(=O)c2ccc(OC)c(F)c2)c1. The number of Topliss-reactive ketones (excluding diaryl/α,β-unsaturated/α-hetero) is 1. The molecule has 2 rings (SSSR count). The van der Waals surface area contributed by atoms with Crippen LogP contribution in [-0.2, 0) is 9.53 Å². The molecule has 0 atom stereocenters. The van der Waals surface area contributed by atoms with Crippen molar-refractivity contribution in [1.82, 2.24) is 0 Å². The van der Waals surface area contributed by atoms with Crippen LogP contribution in [0.1, 0.15) is 15.9 Å². The number of halogens is 1. The molecular formula is C19H17FO5. The number of rotatable bonds is 7. The summed E-state index contributed by atoms with van der Waals surface area (Å²) in [5.41, 5.74) is 0.850. The predicted molar refractivity (Wildman–Crippen MR) is 90.3 cm³/mol. The number of carbonyl (C=O) groups is 2. The summed E-state index contributed by atoms with van der Waals surface area (Å²) < 4.78 is 28.3. The number of hydrogen-bond donors (Lipinski definition) is 0. The highest BCUT2D eigenvalue weighted by molar-refractivity contribution is 5.99. The zero-order valence-electron chi connectivity index (χ0n) is 13.8. The molecule has 0 N–H and O–H groups in total. The van der Waals surface area contributed by atoms with Crippen LogP contribution < -0.4 is 9.47 Å². The maximum Gasteiger partial charge on any atom is 0.331 e. The maximum atomic E-state index is 13.6. The van der Waals surface area contributed by atoms with Crippen molar-refractivity contribution < 1.29 is 28.2 Å². The molecule has 0 spiro atoms. The van der Waals surface area contributed by atoms with Crippen LogP contribution in [-0.4, -0.2) is 32.6 Å². The Hall–Kier alpha value is -3.15. The van der Waals surface area contributed by atoms with E-state index in [2.05, 4.69) is 0 Å². The number of hydrogen-bond acceptors (Lipinski definition) is 5. The third-order valence-electron chi connectivity index (χ3n) is 3.32. The van der Waals surface area contributed by atoms with Crippen LogP contribution in [0.3, 0.4) is 0 Å². The lowest BCUT2D eigenvalue weighted by atomic mass is 10.1. The van der Waals surface area contributed by atoms with E-state index in [4.69, 9.17) is 14.2 Å². The van der Waals surface area contributed by atoms with E-state index < -0.39 is 24.2 Å². The predicted octanol–water partition coefficient (Wildman–Crippen LogP) is 3.28. The van der Waals surface area contributed by atoms with Crippen LogP contribution in [0, 0.1) is 5.82 Å². The van der Waals surface area contributed by atoms with E-state index in [1.165, 1.54) is 25.3 Å². The van der Waals surface area contributed by atoms with Crippen LogP contribution in [0.2, 0.25) is 0 Å². The third kappa shape index (κ3) is 5.17.